The van der Waals surface area contributed by atoms with Crippen LogP contribution in [0.5, 0.6) is 0 Å². The summed E-state index contributed by atoms with van der Waals surface area (Å²) in [5.74, 6) is -0.879. The number of anilines is 1. The molecule has 2 aromatic rings. The average molecular weight is 421 g/mol. The molecule has 0 saturated heterocycles. The lowest BCUT2D eigenvalue weighted by atomic mass is 10.2. The van der Waals surface area contributed by atoms with Crippen LogP contribution >= 0.6 is 0 Å². The Bertz CT molecular complexity index is 905. The molecule has 0 saturated carbocycles. The maximum atomic E-state index is 11.6. The van der Waals surface area contributed by atoms with E-state index >= 15 is 0 Å². The van der Waals surface area contributed by atoms with Crippen molar-refractivity contribution in [3.8, 4) is 0 Å². The number of azo groups is 1. The van der Waals surface area contributed by atoms with Gasteiger partial charge < -0.3 is 14.4 Å². The summed E-state index contributed by atoms with van der Waals surface area (Å²) in [6, 6.07) is 16.9. The number of esters is 2. The van der Waals surface area contributed by atoms with Crippen molar-refractivity contribution in [3.05, 3.63) is 78.9 Å². The molecule has 0 aliphatic heterocycles. The molecule has 0 atom stereocenters. The minimum absolute atomic E-state index is 0.176. The van der Waals surface area contributed by atoms with Crippen LogP contribution in [0.2, 0.25) is 0 Å². The standard InChI is InChI=1S/C24H27N3O4/c1-18(2)23(28)30-16-14-27(15-17-31-24(29)19(3)4)22-12-10-21(11-13-22)26-25-20-8-6-5-7-9-20/h5-13H,1,3,14-17H2,2,4H3/b26-25+. The molecule has 0 heterocycles. The predicted octanol–water partition coefficient (Wildman–Crippen LogP) is 5.15. The van der Waals surface area contributed by atoms with Gasteiger partial charge in [-0.25, -0.2) is 9.59 Å². The van der Waals surface area contributed by atoms with Gasteiger partial charge in [-0.2, -0.15) is 10.2 Å². The van der Waals surface area contributed by atoms with E-state index < -0.39 is 11.9 Å². The van der Waals surface area contributed by atoms with Crippen LogP contribution < -0.4 is 4.90 Å². The topological polar surface area (TPSA) is 80.6 Å². The van der Waals surface area contributed by atoms with Crippen LogP contribution in [0.4, 0.5) is 17.1 Å². The number of hydrogen-bond acceptors (Lipinski definition) is 7. The van der Waals surface area contributed by atoms with Crippen LogP contribution in [-0.4, -0.2) is 38.2 Å². The smallest absolute Gasteiger partial charge is 0.333 e. The lowest BCUT2D eigenvalue weighted by Crippen LogP contribution is -2.32. The number of hydrogen-bond donors (Lipinski definition) is 0. The molecule has 0 radical (unpaired) electrons. The molecule has 7 nitrogen and oxygen atoms in total. The quantitative estimate of drug-likeness (QED) is 0.285. The minimum atomic E-state index is -0.440. The lowest BCUT2D eigenvalue weighted by Gasteiger charge is -2.24. The number of rotatable bonds is 11. The molecule has 0 fully saturated rings. The Kier molecular flexibility index (Phi) is 9.16. The van der Waals surface area contributed by atoms with Crippen LogP contribution in [0.15, 0.2) is 89.1 Å². The summed E-state index contributed by atoms with van der Waals surface area (Å²) in [6.07, 6.45) is 0. The fraction of sp³-hybridized carbons (Fsp3) is 0.250. The van der Waals surface area contributed by atoms with Crippen molar-refractivity contribution < 1.29 is 19.1 Å². The zero-order chi connectivity index (χ0) is 22.6. The third-order valence-electron chi connectivity index (χ3n) is 4.14. The van der Waals surface area contributed by atoms with Crippen molar-refractivity contribution in [3.63, 3.8) is 0 Å². The normalized spacial score (nSPS) is 10.5. The first-order valence-corrected chi connectivity index (χ1v) is 9.84. The first kappa shape index (κ1) is 23.5. The van der Waals surface area contributed by atoms with E-state index in [2.05, 4.69) is 23.4 Å². The monoisotopic (exact) mass is 421 g/mol. The molecule has 0 amide bonds. The summed E-state index contributed by atoms with van der Waals surface area (Å²) < 4.78 is 10.4. The van der Waals surface area contributed by atoms with Gasteiger partial charge in [0, 0.05) is 16.8 Å². The summed E-state index contributed by atoms with van der Waals surface area (Å²) in [4.78, 5) is 25.2. The van der Waals surface area contributed by atoms with Gasteiger partial charge >= 0.3 is 11.9 Å². The summed E-state index contributed by atoms with van der Waals surface area (Å²) in [5.41, 5.74) is 3.03. The second-order valence-electron chi connectivity index (χ2n) is 6.87. The molecular weight excluding hydrogens is 394 g/mol. The number of benzene rings is 2. The highest BCUT2D eigenvalue weighted by Crippen LogP contribution is 2.22. The van der Waals surface area contributed by atoms with E-state index in [1.807, 2.05) is 59.5 Å². The summed E-state index contributed by atoms with van der Waals surface area (Å²) >= 11 is 0. The van der Waals surface area contributed by atoms with E-state index in [9.17, 15) is 9.59 Å². The molecule has 0 bridgehead atoms. The minimum Gasteiger partial charge on any atom is -0.460 e. The molecule has 162 valence electrons. The second kappa shape index (κ2) is 12.1. The van der Waals surface area contributed by atoms with Crippen LogP contribution in [-0.2, 0) is 19.1 Å². The van der Waals surface area contributed by atoms with Gasteiger partial charge in [0.05, 0.1) is 24.5 Å². The Morgan fingerprint density at radius 2 is 1.23 bits per heavy atom. The Labute approximate surface area is 182 Å². The van der Waals surface area contributed by atoms with Crippen LogP contribution in [0.25, 0.3) is 0 Å². The van der Waals surface area contributed by atoms with Crippen molar-refractivity contribution in [2.45, 2.75) is 13.8 Å². The predicted molar refractivity (Wildman–Crippen MR) is 121 cm³/mol. The SMILES string of the molecule is C=C(C)C(=O)OCCN(CCOC(=O)C(=C)C)c1ccc(/N=N/c2ccccc2)cc1. The largest absolute Gasteiger partial charge is 0.460 e. The van der Waals surface area contributed by atoms with Crippen molar-refractivity contribution in [2.24, 2.45) is 10.2 Å². The third-order valence-corrected chi connectivity index (χ3v) is 4.14. The molecule has 2 rings (SSSR count). The zero-order valence-corrected chi connectivity index (χ0v) is 17.9. The fourth-order valence-corrected chi connectivity index (χ4v) is 2.45. The summed E-state index contributed by atoms with van der Waals surface area (Å²) in [5, 5.41) is 8.44. The number of carbonyl (C=O) groups is 2. The van der Waals surface area contributed by atoms with E-state index in [0.29, 0.717) is 29.9 Å². The Balaban J connectivity index is 2.03. The zero-order valence-electron chi connectivity index (χ0n) is 17.9. The fourth-order valence-electron chi connectivity index (χ4n) is 2.45. The first-order chi connectivity index (χ1) is 14.9. The van der Waals surface area contributed by atoms with Gasteiger partial charge in [0.2, 0.25) is 0 Å². The molecule has 31 heavy (non-hydrogen) atoms. The Morgan fingerprint density at radius 3 is 1.68 bits per heavy atom. The van der Waals surface area contributed by atoms with Crippen LogP contribution in [0.1, 0.15) is 13.8 Å². The van der Waals surface area contributed by atoms with E-state index in [0.717, 1.165) is 11.4 Å². The molecular formula is C24H27N3O4. The van der Waals surface area contributed by atoms with Crippen molar-refractivity contribution in [1.29, 1.82) is 0 Å². The second-order valence-corrected chi connectivity index (χ2v) is 6.87. The third kappa shape index (κ3) is 8.26. The van der Waals surface area contributed by atoms with Gasteiger partial charge in [0.15, 0.2) is 0 Å². The molecule has 2 aromatic carbocycles. The van der Waals surface area contributed by atoms with Crippen LogP contribution in [0, 0.1) is 0 Å². The van der Waals surface area contributed by atoms with Gasteiger partial charge in [-0.05, 0) is 50.2 Å². The molecule has 0 aliphatic carbocycles. The maximum Gasteiger partial charge on any atom is 0.333 e. The molecule has 0 aromatic heterocycles. The van der Waals surface area contributed by atoms with Crippen molar-refractivity contribution in [2.75, 3.05) is 31.2 Å². The van der Waals surface area contributed by atoms with Crippen molar-refractivity contribution in [1.82, 2.24) is 0 Å². The van der Waals surface area contributed by atoms with Gasteiger partial charge in [-0.3, -0.25) is 0 Å². The highest BCUT2D eigenvalue weighted by atomic mass is 16.5. The number of ether oxygens (including phenoxy) is 2. The Morgan fingerprint density at radius 1 is 0.774 bits per heavy atom. The highest BCUT2D eigenvalue weighted by molar-refractivity contribution is 5.87. The summed E-state index contributed by atoms with van der Waals surface area (Å²) in [6.45, 7) is 11.5. The van der Waals surface area contributed by atoms with Crippen LogP contribution in [0.3, 0.4) is 0 Å². The van der Waals surface area contributed by atoms with Gasteiger partial charge in [0.25, 0.3) is 0 Å². The molecule has 0 aliphatic rings. The Hall–Kier alpha value is -3.74. The molecule has 0 spiro atoms. The molecule has 0 N–H and O–H groups in total. The van der Waals surface area contributed by atoms with Crippen molar-refractivity contribution >= 4 is 29.0 Å². The summed E-state index contributed by atoms with van der Waals surface area (Å²) in [7, 11) is 0. The highest BCUT2D eigenvalue weighted by Gasteiger charge is 2.11. The van der Waals surface area contributed by atoms with Gasteiger partial charge in [-0.1, -0.05) is 31.4 Å². The molecule has 0 unspecified atom stereocenters. The van der Waals surface area contributed by atoms with E-state index in [4.69, 9.17) is 9.47 Å². The maximum absolute atomic E-state index is 11.6. The van der Waals surface area contributed by atoms with E-state index in [-0.39, 0.29) is 13.2 Å². The average Bonchev–Trinajstić information content (AvgIpc) is 2.77. The first-order valence-electron chi connectivity index (χ1n) is 9.84. The van der Waals surface area contributed by atoms with E-state index in [1.54, 1.807) is 13.8 Å². The molecule has 7 heteroatoms. The van der Waals surface area contributed by atoms with Gasteiger partial charge in [-0.15, -0.1) is 0 Å². The lowest BCUT2D eigenvalue weighted by molar-refractivity contribution is -0.139. The number of carbonyl (C=O) groups excluding carboxylic acids is 2. The number of nitrogens with zero attached hydrogens (tertiary/aromatic N) is 3. The van der Waals surface area contributed by atoms with E-state index in [1.165, 1.54) is 0 Å². The van der Waals surface area contributed by atoms with Gasteiger partial charge in [0.1, 0.15) is 13.2 Å².